The molecule has 0 aliphatic rings. The first-order chi connectivity index (χ1) is 8.95. The highest BCUT2D eigenvalue weighted by atomic mass is 35.5. The van der Waals surface area contributed by atoms with E-state index in [0.29, 0.717) is 21.4 Å². The van der Waals surface area contributed by atoms with Gasteiger partial charge in [0.05, 0.1) is 0 Å². The molecular weight excluding hydrogens is 288 g/mol. The first kappa shape index (κ1) is 14.1. The quantitative estimate of drug-likeness (QED) is 0.871. The third kappa shape index (κ3) is 3.60. The molecule has 0 radical (unpaired) electrons. The van der Waals surface area contributed by atoms with E-state index in [-0.39, 0.29) is 11.8 Å². The second-order valence-corrected chi connectivity index (χ2v) is 5.06. The monoisotopic (exact) mass is 299 g/mol. The number of rotatable bonds is 3. The van der Waals surface area contributed by atoms with Crippen LogP contribution in [0.4, 0.5) is 4.39 Å². The summed E-state index contributed by atoms with van der Waals surface area (Å²) < 4.78 is 19.3. The van der Waals surface area contributed by atoms with Crippen LogP contribution in [0.2, 0.25) is 10.0 Å². The van der Waals surface area contributed by atoms with Crippen molar-refractivity contribution in [3.05, 3.63) is 57.8 Å². The van der Waals surface area contributed by atoms with E-state index in [1.165, 1.54) is 12.1 Å². The maximum absolute atomic E-state index is 13.9. The van der Waals surface area contributed by atoms with Gasteiger partial charge in [0.25, 0.3) is 0 Å². The van der Waals surface area contributed by atoms with Crippen molar-refractivity contribution in [1.82, 2.24) is 0 Å². The van der Waals surface area contributed by atoms with E-state index < -0.39 is 5.82 Å². The SMILES string of the molecule is C[C@@H](N)c1ccc(Oc2cc(Cl)cc(Cl)c2)c(F)c1. The van der Waals surface area contributed by atoms with Gasteiger partial charge in [0.15, 0.2) is 11.6 Å². The van der Waals surface area contributed by atoms with Gasteiger partial charge in [-0.05, 0) is 42.8 Å². The van der Waals surface area contributed by atoms with Gasteiger partial charge in [-0.2, -0.15) is 0 Å². The van der Waals surface area contributed by atoms with Crippen LogP contribution < -0.4 is 10.5 Å². The zero-order valence-corrected chi connectivity index (χ0v) is 11.7. The Morgan fingerprint density at radius 2 is 1.74 bits per heavy atom. The predicted molar refractivity (Wildman–Crippen MR) is 75.5 cm³/mol. The van der Waals surface area contributed by atoms with Crippen molar-refractivity contribution in [2.45, 2.75) is 13.0 Å². The number of halogens is 3. The summed E-state index contributed by atoms with van der Waals surface area (Å²) in [7, 11) is 0. The molecule has 0 aliphatic heterocycles. The molecule has 2 aromatic rings. The van der Waals surface area contributed by atoms with Gasteiger partial charge in [-0.1, -0.05) is 29.3 Å². The summed E-state index contributed by atoms with van der Waals surface area (Å²) in [6.45, 7) is 1.78. The average Bonchev–Trinajstić information content (AvgIpc) is 2.30. The van der Waals surface area contributed by atoms with Gasteiger partial charge < -0.3 is 10.5 Å². The fraction of sp³-hybridized carbons (Fsp3) is 0.143. The van der Waals surface area contributed by atoms with Crippen molar-refractivity contribution in [3.63, 3.8) is 0 Å². The number of benzene rings is 2. The zero-order valence-electron chi connectivity index (χ0n) is 10.2. The van der Waals surface area contributed by atoms with Crippen LogP contribution in [-0.4, -0.2) is 0 Å². The van der Waals surface area contributed by atoms with Gasteiger partial charge in [-0.25, -0.2) is 4.39 Å². The van der Waals surface area contributed by atoms with Gasteiger partial charge >= 0.3 is 0 Å². The zero-order chi connectivity index (χ0) is 14.0. The van der Waals surface area contributed by atoms with E-state index >= 15 is 0 Å². The number of hydrogen-bond donors (Lipinski definition) is 1. The van der Waals surface area contributed by atoms with E-state index in [2.05, 4.69) is 0 Å². The molecule has 2 N–H and O–H groups in total. The first-order valence-electron chi connectivity index (χ1n) is 5.64. The minimum Gasteiger partial charge on any atom is -0.454 e. The summed E-state index contributed by atoms with van der Waals surface area (Å²) in [5.74, 6) is -0.00132. The molecule has 2 aromatic carbocycles. The summed E-state index contributed by atoms with van der Waals surface area (Å²) in [4.78, 5) is 0. The van der Waals surface area contributed by atoms with Gasteiger partial charge in [0, 0.05) is 16.1 Å². The summed E-state index contributed by atoms with van der Waals surface area (Å²) in [5, 5.41) is 0.852. The Bertz CT molecular complexity index is 582. The molecule has 0 fully saturated rings. The number of ether oxygens (including phenoxy) is 1. The molecule has 19 heavy (non-hydrogen) atoms. The van der Waals surface area contributed by atoms with Crippen LogP contribution in [0.1, 0.15) is 18.5 Å². The van der Waals surface area contributed by atoms with Gasteiger partial charge in [0.2, 0.25) is 0 Å². The Labute approximate surface area is 120 Å². The molecule has 0 aliphatic carbocycles. The molecule has 0 spiro atoms. The molecule has 5 heteroatoms. The Morgan fingerprint density at radius 1 is 1.11 bits per heavy atom. The largest absolute Gasteiger partial charge is 0.454 e. The summed E-state index contributed by atoms with van der Waals surface area (Å²) in [6.07, 6.45) is 0. The molecule has 2 rings (SSSR count). The Kier molecular flexibility index (Phi) is 4.30. The van der Waals surface area contributed by atoms with Crippen molar-refractivity contribution in [3.8, 4) is 11.5 Å². The van der Waals surface area contributed by atoms with E-state index in [1.54, 1.807) is 31.2 Å². The van der Waals surface area contributed by atoms with Gasteiger partial charge in [0.1, 0.15) is 5.75 Å². The second-order valence-electron chi connectivity index (χ2n) is 4.19. The number of nitrogens with two attached hydrogens (primary N) is 1. The number of hydrogen-bond acceptors (Lipinski definition) is 2. The molecule has 0 amide bonds. The molecular formula is C14H12Cl2FNO. The lowest BCUT2D eigenvalue weighted by Crippen LogP contribution is -2.05. The molecule has 0 unspecified atom stereocenters. The van der Waals surface area contributed by atoms with E-state index in [9.17, 15) is 4.39 Å². The van der Waals surface area contributed by atoms with E-state index in [0.717, 1.165) is 0 Å². The fourth-order valence-electron chi connectivity index (χ4n) is 1.60. The highest BCUT2D eigenvalue weighted by molar-refractivity contribution is 6.34. The van der Waals surface area contributed by atoms with E-state index in [1.807, 2.05) is 0 Å². The van der Waals surface area contributed by atoms with Crippen LogP contribution >= 0.6 is 23.2 Å². The third-order valence-electron chi connectivity index (χ3n) is 2.55. The van der Waals surface area contributed by atoms with Crippen LogP contribution in [0.15, 0.2) is 36.4 Å². The van der Waals surface area contributed by atoms with Crippen LogP contribution in [0, 0.1) is 5.82 Å². The molecule has 0 bridgehead atoms. The second kappa shape index (κ2) is 5.78. The van der Waals surface area contributed by atoms with Gasteiger partial charge in [-0.15, -0.1) is 0 Å². The lowest BCUT2D eigenvalue weighted by Gasteiger charge is -2.10. The molecule has 2 nitrogen and oxygen atoms in total. The van der Waals surface area contributed by atoms with E-state index in [4.69, 9.17) is 33.7 Å². The maximum Gasteiger partial charge on any atom is 0.166 e. The lowest BCUT2D eigenvalue weighted by atomic mass is 10.1. The third-order valence-corrected chi connectivity index (χ3v) is 2.98. The molecule has 100 valence electrons. The summed E-state index contributed by atoms with van der Waals surface area (Å²) >= 11 is 11.7. The molecule has 1 atom stereocenters. The van der Waals surface area contributed by atoms with Crippen LogP contribution in [0.3, 0.4) is 0 Å². The molecule has 0 saturated heterocycles. The first-order valence-corrected chi connectivity index (χ1v) is 6.40. The Morgan fingerprint density at radius 3 is 2.26 bits per heavy atom. The maximum atomic E-state index is 13.9. The van der Waals surface area contributed by atoms with Crippen molar-refractivity contribution in [2.75, 3.05) is 0 Å². The van der Waals surface area contributed by atoms with Crippen molar-refractivity contribution in [1.29, 1.82) is 0 Å². The Hall–Kier alpha value is -1.29. The fourth-order valence-corrected chi connectivity index (χ4v) is 2.10. The minimum atomic E-state index is -0.481. The highest BCUT2D eigenvalue weighted by Crippen LogP contribution is 2.30. The smallest absolute Gasteiger partial charge is 0.166 e. The van der Waals surface area contributed by atoms with Crippen molar-refractivity contribution >= 4 is 23.2 Å². The lowest BCUT2D eigenvalue weighted by molar-refractivity contribution is 0.441. The van der Waals surface area contributed by atoms with Crippen LogP contribution in [0.5, 0.6) is 11.5 Å². The van der Waals surface area contributed by atoms with Crippen LogP contribution in [0.25, 0.3) is 0 Å². The average molecular weight is 300 g/mol. The topological polar surface area (TPSA) is 35.2 Å². The van der Waals surface area contributed by atoms with Gasteiger partial charge in [-0.3, -0.25) is 0 Å². The summed E-state index contributed by atoms with van der Waals surface area (Å²) in [5.41, 5.74) is 6.39. The molecule has 0 heterocycles. The highest BCUT2D eigenvalue weighted by Gasteiger charge is 2.09. The molecule has 0 aromatic heterocycles. The van der Waals surface area contributed by atoms with Crippen molar-refractivity contribution < 1.29 is 9.13 Å². The summed E-state index contributed by atoms with van der Waals surface area (Å²) in [6, 6.07) is 9.07. The molecule has 0 saturated carbocycles. The minimum absolute atomic E-state index is 0.0998. The van der Waals surface area contributed by atoms with Crippen molar-refractivity contribution in [2.24, 2.45) is 5.73 Å². The predicted octanol–water partition coefficient (Wildman–Crippen LogP) is 4.94. The normalized spacial score (nSPS) is 12.3. The van der Waals surface area contributed by atoms with Crippen LogP contribution in [-0.2, 0) is 0 Å². The standard InChI is InChI=1S/C14H12Cl2FNO/c1-8(18)9-2-3-14(13(17)4-9)19-12-6-10(15)5-11(16)7-12/h2-8H,18H2,1H3/t8-/m1/s1. The Balaban J connectivity index is 2.28.